The zero-order valence-electron chi connectivity index (χ0n) is 16.1. The third-order valence-electron chi connectivity index (χ3n) is 4.75. The number of benzene rings is 2. The monoisotopic (exact) mass is 356 g/mol. The van der Waals surface area contributed by atoms with Crippen molar-refractivity contribution in [1.82, 2.24) is 0 Å². The summed E-state index contributed by atoms with van der Waals surface area (Å²) < 4.78 is 12.3. The summed E-state index contributed by atoms with van der Waals surface area (Å²) in [4.78, 5) is 11.9. The minimum atomic E-state index is -1.94. The van der Waals surface area contributed by atoms with Crippen molar-refractivity contribution >= 4 is 14.1 Å². The van der Waals surface area contributed by atoms with Crippen molar-refractivity contribution in [2.24, 2.45) is 0 Å². The van der Waals surface area contributed by atoms with Crippen LogP contribution in [0.1, 0.15) is 43.6 Å². The average molecular weight is 357 g/mol. The maximum atomic E-state index is 11.9. The molecule has 0 aliphatic heterocycles. The van der Waals surface area contributed by atoms with E-state index in [4.69, 9.17) is 9.16 Å². The Hall–Kier alpha value is -2.07. The van der Waals surface area contributed by atoms with Gasteiger partial charge >= 0.3 is 0 Å². The van der Waals surface area contributed by atoms with Gasteiger partial charge in [-0.2, -0.15) is 0 Å². The van der Waals surface area contributed by atoms with Crippen LogP contribution in [0.3, 0.4) is 0 Å². The Balaban J connectivity index is 2.25. The summed E-state index contributed by atoms with van der Waals surface area (Å²) in [5.41, 5.74) is 1.64. The van der Waals surface area contributed by atoms with Crippen LogP contribution in [0.4, 0.5) is 0 Å². The van der Waals surface area contributed by atoms with Crippen molar-refractivity contribution in [1.29, 1.82) is 0 Å². The molecule has 0 aliphatic carbocycles. The van der Waals surface area contributed by atoms with E-state index < -0.39 is 8.32 Å². The molecule has 0 fully saturated rings. The number of Topliss-reactive ketones (excluding diaryl/α,β-unsaturated/α-hetero) is 1. The third-order valence-corrected chi connectivity index (χ3v) is 9.11. The van der Waals surface area contributed by atoms with Gasteiger partial charge in [0, 0.05) is 6.07 Å². The lowest BCUT2D eigenvalue weighted by atomic mass is 10.1. The molecule has 134 valence electrons. The molecule has 0 N–H and O–H groups in total. The van der Waals surface area contributed by atoms with E-state index in [0.717, 1.165) is 11.3 Å². The van der Waals surface area contributed by atoms with Crippen molar-refractivity contribution in [3.8, 4) is 11.5 Å². The highest BCUT2D eigenvalue weighted by molar-refractivity contribution is 6.74. The third kappa shape index (κ3) is 4.95. The molecule has 0 aromatic heterocycles. The van der Waals surface area contributed by atoms with Gasteiger partial charge in [-0.1, -0.05) is 51.1 Å². The van der Waals surface area contributed by atoms with Crippen LogP contribution in [-0.2, 0) is 6.61 Å². The first kappa shape index (κ1) is 19.3. The van der Waals surface area contributed by atoms with Crippen LogP contribution in [-0.4, -0.2) is 14.1 Å². The van der Waals surface area contributed by atoms with Crippen LogP contribution in [0.5, 0.6) is 11.5 Å². The zero-order chi connectivity index (χ0) is 18.7. The topological polar surface area (TPSA) is 35.5 Å². The zero-order valence-corrected chi connectivity index (χ0v) is 17.1. The number of carbonyl (C=O) groups excluding carboxylic acids is 1. The molecule has 3 nitrogen and oxygen atoms in total. The van der Waals surface area contributed by atoms with E-state index in [0.29, 0.717) is 17.9 Å². The summed E-state index contributed by atoms with van der Waals surface area (Å²) in [6.07, 6.45) is 0. The first-order chi connectivity index (χ1) is 11.6. The van der Waals surface area contributed by atoms with Gasteiger partial charge in [-0.05, 0) is 42.8 Å². The highest BCUT2D eigenvalue weighted by atomic mass is 28.4. The van der Waals surface area contributed by atoms with E-state index in [1.54, 1.807) is 13.0 Å². The van der Waals surface area contributed by atoms with Crippen molar-refractivity contribution in [3.63, 3.8) is 0 Å². The fourth-order valence-corrected chi connectivity index (χ4v) is 3.18. The number of ketones is 1. The lowest BCUT2D eigenvalue weighted by Crippen LogP contribution is -2.43. The number of carbonyl (C=O) groups is 1. The van der Waals surface area contributed by atoms with Crippen LogP contribution in [0.15, 0.2) is 48.5 Å². The van der Waals surface area contributed by atoms with E-state index in [1.165, 1.54) is 0 Å². The molecule has 2 rings (SSSR count). The molecular weight excluding hydrogens is 328 g/mol. The van der Waals surface area contributed by atoms with Gasteiger partial charge in [-0.3, -0.25) is 4.79 Å². The number of hydrogen-bond acceptors (Lipinski definition) is 3. The highest BCUT2D eigenvalue weighted by Crippen LogP contribution is 2.38. The minimum Gasteiger partial charge on any atom is -0.543 e. The van der Waals surface area contributed by atoms with Crippen molar-refractivity contribution in [2.45, 2.75) is 52.4 Å². The summed E-state index contributed by atoms with van der Waals surface area (Å²) in [6.45, 7) is 13.0. The molecule has 0 bridgehead atoms. The summed E-state index contributed by atoms with van der Waals surface area (Å²) in [6, 6.07) is 15.4. The van der Waals surface area contributed by atoms with Gasteiger partial charge in [0.15, 0.2) is 5.78 Å². The average Bonchev–Trinajstić information content (AvgIpc) is 2.52. The van der Waals surface area contributed by atoms with Gasteiger partial charge in [0.25, 0.3) is 0 Å². The molecular formula is C21H28O3Si. The molecule has 0 saturated carbocycles. The molecule has 0 atom stereocenters. The van der Waals surface area contributed by atoms with E-state index in [9.17, 15) is 4.79 Å². The number of ether oxygens (including phenoxy) is 1. The lowest BCUT2D eigenvalue weighted by Gasteiger charge is -2.36. The Labute approximate surface area is 152 Å². The van der Waals surface area contributed by atoms with Gasteiger partial charge in [-0.15, -0.1) is 0 Å². The molecule has 0 aliphatic rings. The van der Waals surface area contributed by atoms with Gasteiger partial charge in [0.2, 0.25) is 8.32 Å². The fourth-order valence-electron chi connectivity index (χ4n) is 2.16. The van der Waals surface area contributed by atoms with Crippen LogP contribution in [0.25, 0.3) is 0 Å². The highest BCUT2D eigenvalue weighted by Gasteiger charge is 2.39. The van der Waals surface area contributed by atoms with Crippen molar-refractivity contribution in [2.75, 3.05) is 0 Å². The fraction of sp³-hybridized carbons (Fsp3) is 0.381. The Morgan fingerprint density at radius 1 is 1.04 bits per heavy atom. The van der Waals surface area contributed by atoms with Crippen LogP contribution in [0.2, 0.25) is 18.1 Å². The van der Waals surface area contributed by atoms with E-state index >= 15 is 0 Å². The second-order valence-electron chi connectivity index (χ2n) is 7.85. The number of hydrogen-bond donors (Lipinski definition) is 0. The normalized spacial score (nSPS) is 11.9. The Morgan fingerprint density at radius 3 is 2.24 bits per heavy atom. The molecule has 2 aromatic rings. The molecule has 4 heteroatoms. The van der Waals surface area contributed by atoms with Crippen molar-refractivity contribution < 1.29 is 14.0 Å². The summed E-state index contributed by atoms with van der Waals surface area (Å²) >= 11 is 0. The Morgan fingerprint density at radius 2 is 1.68 bits per heavy atom. The molecule has 25 heavy (non-hydrogen) atoms. The smallest absolute Gasteiger partial charge is 0.250 e. The summed E-state index contributed by atoms with van der Waals surface area (Å²) in [7, 11) is -1.94. The molecule has 2 aromatic carbocycles. The summed E-state index contributed by atoms with van der Waals surface area (Å²) in [5, 5.41) is 0.108. The van der Waals surface area contributed by atoms with Crippen LogP contribution < -0.4 is 9.16 Å². The standard InChI is InChI=1S/C21H28O3Si/c1-16(22)19-13-12-18(24-25(5,6)21(2,3)4)14-20(19)23-15-17-10-8-7-9-11-17/h7-14H,15H2,1-6H3. The van der Waals surface area contributed by atoms with E-state index in [2.05, 4.69) is 33.9 Å². The summed E-state index contributed by atoms with van der Waals surface area (Å²) in [5.74, 6) is 1.33. The second-order valence-corrected chi connectivity index (χ2v) is 12.6. The molecule has 0 amide bonds. The first-order valence-electron chi connectivity index (χ1n) is 8.61. The van der Waals surface area contributed by atoms with Gasteiger partial charge in [0.05, 0.1) is 5.56 Å². The number of rotatable bonds is 6. The van der Waals surface area contributed by atoms with E-state index in [1.807, 2.05) is 42.5 Å². The van der Waals surface area contributed by atoms with Gasteiger partial charge in [0.1, 0.15) is 18.1 Å². The molecule has 0 radical (unpaired) electrons. The molecule has 0 heterocycles. The predicted molar refractivity (Wildman–Crippen MR) is 105 cm³/mol. The molecule has 0 spiro atoms. The first-order valence-corrected chi connectivity index (χ1v) is 11.5. The maximum Gasteiger partial charge on any atom is 0.250 e. The van der Waals surface area contributed by atoms with Gasteiger partial charge < -0.3 is 9.16 Å². The van der Waals surface area contributed by atoms with Crippen LogP contribution >= 0.6 is 0 Å². The Kier molecular flexibility index (Phi) is 5.73. The molecule has 0 unspecified atom stereocenters. The molecule has 0 saturated heterocycles. The Bertz CT molecular complexity index is 731. The predicted octanol–water partition coefficient (Wildman–Crippen LogP) is 5.85. The van der Waals surface area contributed by atoms with Crippen molar-refractivity contribution in [3.05, 3.63) is 59.7 Å². The minimum absolute atomic E-state index is 0.0121. The second kappa shape index (κ2) is 7.44. The van der Waals surface area contributed by atoms with Gasteiger partial charge in [-0.25, -0.2) is 0 Å². The van der Waals surface area contributed by atoms with E-state index in [-0.39, 0.29) is 10.8 Å². The quantitative estimate of drug-likeness (QED) is 0.481. The SMILES string of the molecule is CC(=O)c1ccc(O[Si](C)(C)C(C)(C)C)cc1OCc1ccccc1. The maximum absolute atomic E-state index is 11.9. The van der Waals surface area contributed by atoms with Crippen LogP contribution in [0, 0.1) is 0 Å². The largest absolute Gasteiger partial charge is 0.543 e. The lowest BCUT2D eigenvalue weighted by molar-refractivity contribution is 0.101.